The minimum Gasteiger partial charge on any atom is -0.398 e. The van der Waals surface area contributed by atoms with Gasteiger partial charge in [0.25, 0.3) is 0 Å². The summed E-state index contributed by atoms with van der Waals surface area (Å²) in [5, 5.41) is 0. The Labute approximate surface area is 108 Å². The summed E-state index contributed by atoms with van der Waals surface area (Å²) in [7, 11) is -3.73. The molecule has 0 fully saturated rings. The zero-order valence-corrected chi connectivity index (χ0v) is 11.7. The molecule has 18 heavy (non-hydrogen) atoms. The molecule has 1 aromatic rings. The number of anilines is 1. The molecule has 6 heteroatoms. The zero-order valence-electron chi connectivity index (χ0n) is 10.9. The van der Waals surface area contributed by atoms with E-state index in [-0.39, 0.29) is 16.5 Å². The molecule has 0 aliphatic heterocycles. The predicted molar refractivity (Wildman–Crippen MR) is 70.1 cm³/mol. The summed E-state index contributed by atoms with van der Waals surface area (Å²) in [5.74, 6) is -0.419. The van der Waals surface area contributed by atoms with Gasteiger partial charge >= 0.3 is 0 Å². The van der Waals surface area contributed by atoms with Crippen LogP contribution in [0.15, 0.2) is 23.1 Å². The fourth-order valence-electron chi connectivity index (χ4n) is 1.68. The summed E-state index contributed by atoms with van der Waals surface area (Å²) in [4.78, 5) is -0.162. The highest BCUT2D eigenvalue weighted by atomic mass is 32.2. The molecular weight excluding hydrogens is 255 g/mol. The lowest BCUT2D eigenvalue weighted by molar-refractivity contribution is 0.381. The van der Waals surface area contributed by atoms with Crippen LogP contribution >= 0.6 is 0 Å². The third-order valence-corrected chi connectivity index (χ3v) is 4.51. The first-order valence-corrected chi connectivity index (χ1v) is 7.28. The Bertz CT molecular complexity index is 515. The molecule has 102 valence electrons. The van der Waals surface area contributed by atoms with Gasteiger partial charge in [0.15, 0.2) is 0 Å². The summed E-state index contributed by atoms with van der Waals surface area (Å²) >= 11 is 0. The lowest BCUT2D eigenvalue weighted by Crippen LogP contribution is -2.34. The Morgan fingerprint density at radius 1 is 1.39 bits per heavy atom. The van der Waals surface area contributed by atoms with E-state index in [9.17, 15) is 12.8 Å². The quantitative estimate of drug-likeness (QED) is 0.836. The first-order valence-electron chi connectivity index (χ1n) is 5.84. The van der Waals surface area contributed by atoms with Crippen LogP contribution in [0.2, 0.25) is 0 Å². The maximum atomic E-state index is 13.2. The second-order valence-corrected chi connectivity index (χ2v) is 6.44. The number of hydrogen-bond acceptors (Lipinski definition) is 3. The molecule has 0 spiro atoms. The van der Waals surface area contributed by atoms with Gasteiger partial charge in [-0.05, 0) is 24.1 Å². The Morgan fingerprint density at radius 3 is 2.50 bits per heavy atom. The van der Waals surface area contributed by atoms with Gasteiger partial charge in [-0.25, -0.2) is 12.8 Å². The molecule has 0 aliphatic carbocycles. The van der Waals surface area contributed by atoms with Crippen LogP contribution in [0, 0.1) is 11.7 Å². The second-order valence-electron chi connectivity index (χ2n) is 4.53. The molecule has 0 bridgehead atoms. The molecule has 0 aromatic heterocycles. The fraction of sp³-hybridized carbons (Fsp3) is 0.500. The van der Waals surface area contributed by atoms with E-state index in [0.717, 1.165) is 12.1 Å². The van der Waals surface area contributed by atoms with Crippen LogP contribution in [0.4, 0.5) is 10.1 Å². The van der Waals surface area contributed by atoms with Crippen LogP contribution in [-0.4, -0.2) is 25.8 Å². The van der Waals surface area contributed by atoms with E-state index in [1.54, 1.807) is 6.92 Å². The maximum Gasteiger partial charge on any atom is 0.245 e. The summed E-state index contributed by atoms with van der Waals surface area (Å²) in [5.41, 5.74) is 5.69. The lowest BCUT2D eigenvalue weighted by Gasteiger charge is -2.23. The number of nitrogens with two attached hydrogens (primary N) is 1. The van der Waals surface area contributed by atoms with E-state index < -0.39 is 15.8 Å². The largest absolute Gasteiger partial charge is 0.398 e. The van der Waals surface area contributed by atoms with Gasteiger partial charge < -0.3 is 5.73 Å². The molecule has 2 N–H and O–H groups in total. The van der Waals surface area contributed by atoms with Crippen molar-refractivity contribution in [2.24, 2.45) is 5.92 Å². The third-order valence-electron chi connectivity index (χ3n) is 2.51. The molecule has 1 rings (SSSR count). The summed E-state index contributed by atoms with van der Waals surface area (Å²) in [6.07, 6.45) is 0. The number of benzene rings is 1. The highest BCUT2D eigenvalue weighted by molar-refractivity contribution is 7.89. The van der Waals surface area contributed by atoms with E-state index in [4.69, 9.17) is 5.73 Å². The van der Waals surface area contributed by atoms with Gasteiger partial charge in [0.2, 0.25) is 10.0 Å². The number of sulfonamides is 1. The molecule has 1 aromatic carbocycles. The van der Waals surface area contributed by atoms with Gasteiger partial charge in [0.05, 0.1) is 5.69 Å². The molecule has 0 unspecified atom stereocenters. The van der Waals surface area contributed by atoms with E-state index in [0.29, 0.717) is 13.1 Å². The number of halogens is 1. The van der Waals surface area contributed by atoms with E-state index >= 15 is 0 Å². The van der Waals surface area contributed by atoms with Crippen molar-refractivity contribution in [3.05, 3.63) is 24.0 Å². The van der Waals surface area contributed by atoms with E-state index in [1.165, 1.54) is 10.4 Å². The summed E-state index contributed by atoms with van der Waals surface area (Å²) < 4.78 is 39.2. The fourth-order valence-corrected chi connectivity index (χ4v) is 3.42. The monoisotopic (exact) mass is 274 g/mol. The number of hydrogen-bond donors (Lipinski definition) is 1. The Balaban J connectivity index is 3.22. The van der Waals surface area contributed by atoms with Crippen molar-refractivity contribution in [1.29, 1.82) is 0 Å². The van der Waals surface area contributed by atoms with E-state index in [2.05, 4.69) is 0 Å². The van der Waals surface area contributed by atoms with Crippen molar-refractivity contribution in [3.8, 4) is 0 Å². The molecule has 0 saturated heterocycles. The summed E-state index contributed by atoms with van der Waals surface area (Å²) in [6, 6.07) is 3.38. The molecule has 4 nitrogen and oxygen atoms in total. The molecule has 0 saturated carbocycles. The predicted octanol–water partition coefficient (Wildman–Crippen LogP) is 2.07. The van der Waals surface area contributed by atoms with Crippen molar-refractivity contribution >= 4 is 15.7 Å². The first kappa shape index (κ1) is 14.9. The minimum atomic E-state index is -3.73. The van der Waals surface area contributed by atoms with Crippen LogP contribution in [0.25, 0.3) is 0 Å². The van der Waals surface area contributed by atoms with Gasteiger partial charge in [-0.15, -0.1) is 0 Å². The van der Waals surface area contributed by atoms with Crippen molar-refractivity contribution < 1.29 is 12.8 Å². The topological polar surface area (TPSA) is 63.4 Å². The first-order chi connectivity index (χ1) is 8.28. The molecule has 0 heterocycles. The third kappa shape index (κ3) is 3.20. The highest BCUT2D eigenvalue weighted by Crippen LogP contribution is 2.23. The average molecular weight is 274 g/mol. The van der Waals surface area contributed by atoms with Crippen LogP contribution in [0.5, 0.6) is 0 Å². The maximum absolute atomic E-state index is 13.2. The smallest absolute Gasteiger partial charge is 0.245 e. The summed E-state index contributed by atoms with van der Waals surface area (Å²) in [6.45, 7) is 6.31. The zero-order chi connectivity index (χ0) is 13.9. The van der Waals surface area contributed by atoms with Crippen LogP contribution in [0.1, 0.15) is 20.8 Å². The number of nitrogens with zero attached hydrogens (tertiary/aromatic N) is 1. The SMILES string of the molecule is CCN(CC(C)C)S(=O)(=O)c1cc(F)ccc1N. The molecular formula is C12H19FN2O2S. The Kier molecular flexibility index (Phi) is 4.70. The van der Waals surface area contributed by atoms with Gasteiger partial charge in [-0.2, -0.15) is 4.31 Å². The van der Waals surface area contributed by atoms with Gasteiger partial charge in [-0.1, -0.05) is 20.8 Å². The van der Waals surface area contributed by atoms with Crippen LogP contribution in [-0.2, 0) is 10.0 Å². The average Bonchev–Trinajstić information content (AvgIpc) is 2.28. The highest BCUT2D eigenvalue weighted by Gasteiger charge is 2.26. The van der Waals surface area contributed by atoms with Crippen LogP contribution < -0.4 is 5.73 Å². The molecule has 0 atom stereocenters. The van der Waals surface area contributed by atoms with E-state index in [1.807, 2.05) is 13.8 Å². The van der Waals surface area contributed by atoms with Crippen molar-refractivity contribution in [2.75, 3.05) is 18.8 Å². The van der Waals surface area contributed by atoms with Gasteiger partial charge in [0.1, 0.15) is 10.7 Å². The minimum absolute atomic E-state index is 0.0682. The molecule has 0 radical (unpaired) electrons. The van der Waals surface area contributed by atoms with Crippen molar-refractivity contribution in [3.63, 3.8) is 0 Å². The second kappa shape index (κ2) is 5.67. The van der Waals surface area contributed by atoms with Crippen LogP contribution in [0.3, 0.4) is 0 Å². The molecule has 0 amide bonds. The lowest BCUT2D eigenvalue weighted by atomic mass is 10.2. The normalized spacial score (nSPS) is 12.3. The van der Waals surface area contributed by atoms with Crippen molar-refractivity contribution in [2.45, 2.75) is 25.7 Å². The van der Waals surface area contributed by atoms with Gasteiger partial charge in [0, 0.05) is 13.1 Å². The standard InChI is InChI=1S/C12H19FN2O2S/c1-4-15(8-9(2)3)18(16,17)12-7-10(13)5-6-11(12)14/h5-7,9H,4,8,14H2,1-3H3. The van der Waals surface area contributed by atoms with Gasteiger partial charge in [-0.3, -0.25) is 0 Å². The molecule has 0 aliphatic rings. The number of nitrogen functional groups attached to an aromatic ring is 1. The Hall–Kier alpha value is -1.14. The number of rotatable bonds is 5. The Morgan fingerprint density at radius 2 is 2.00 bits per heavy atom. The van der Waals surface area contributed by atoms with Crippen molar-refractivity contribution in [1.82, 2.24) is 4.31 Å².